The van der Waals surface area contributed by atoms with Gasteiger partial charge in [-0.3, -0.25) is 14.5 Å². The minimum atomic E-state index is -0.799. The number of hydrogen-bond donors (Lipinski definition) is 1. The Labute approximate surface area is 265 Å². The van der Waals surface area contributed by atoms with Gasteiger partial charge in [0.1, 0.15) is 18.1 Å². The van der Waals surface area contributed by atoms with Crippen LogP contribution in [0.1, 0.15) is 48.9 Å². The van der Waals surface area contributed by atoms with Crippen LogP contribution in [0.2, 0.25) is 0 Å². The lowest BCUT2D eigenvalue weighted by atomic mass is 9.95. The zero-order valence-electron chi connectivity index (χ0n) is 26.1. The fourth-order valence-corrected chi connectivity index (χ4v) is 5.65. The van der Waals surface area contributed by atoms with Gasteiger partial charge < -0.3 is 29.0 Å². The topological polar surface area (TPSA) is 97.8 Å². The van der Waals surface area contributed by atoms with E-state index in [-0.39, 0.29) is 11.3 Å². The number of aliphatic hydroxyl groups excluding tert-OH is 1. The molecule has 1 amide bonds. The maximum Gasteiger partial charge on any atom is 0.295 e. The van der Waals surface area contributed by atoms with Crippen molar-refractivity contribution in [2.75, 3.05) is 53.1 Å². The zero-order chi connectivity index (χ0) is 31.6. The number of carbonyl (C=O) groups is 2. The van der Waals surface area contributed by atoms with Crippen LogP contribution in [0.15, 0.2) is 78.4 Å². The number of methoxy groups -OCH3 is 1. The number of morpholine rings is 1. The molecule has 0 saturated carbocycles. The summed E-state index contributed by atoms with van der Waals surface area (Å²) in [7, 11) is 1.55. The van der Waals surface area contributed by atoms with Gasteiger partial charge in [0.05, 0.1) is 38.5 Å². The molecule has 2 saturated heterocycles. The molecule has 0 aliphatic carbocycles. The van der Waals surface area contributed by atoms with E-state index in [1.807, 2.05) is 36.4 Å². The average molecular weight is 615 g/mol. The molecule has 0 aromatic heterocycles. The first kappa shape index (κ1) is 32.1. The van der Waals surface area contributed by atoms with E-state index in [1.165, 1.54) is 0 Å². The molecule has 2 aliphatic heterocycles. The minimum Gasteiger partial charge on any atom is -0.507 e. The zero-order valence-corrected chi connectivity index (χ0v) is 26.1. The van der Waals surface area contributed by atoms with E-state index in [2.05, 4.69) is 11.8 Å². The van der Waals surface area contributed by atoms with Crippen molar-refractivity contribution >= 4 is 17.4 Å². The Hall–Kier alpha value is -4.34. The molecule has 238 valence electrons. The molecule has 3 aromatic carbocycles. The van der Waals surface area contributed by atoms with E-state index >= 15 is 0 Å². The van der Waals surface area contributed by atoms with Gasteiger partial charge in [-0.1, -0.05) is 49.7 Å². The second-order valence-electron chi connectivity index (χ2n) is 11.2. The van der Waals surface area contributed by atoms with Crippen molar-refractivity contribution in [3.05, 3.63) is 95.1 Å². The highest BCUT2D eigenvalue weighted by Crippen LogP contribution is 2.42. The number of unbranched alkanes of at least 4 members (excludes halogenated alkanes) is 1. The van der Waals surface area contributed by atoms with Crippen molar-refractivity contribution < 1.29 is 33.6 Å². The van der Waals surface area contributed by atoms with Gasteiger partial charge in [0.15, 0.2) is 11.5 Å². The van der Waals surface area contributed by atoms with Crippen molar-refractivity contribution in [1.82, 2.24) is 9.80 Å². The Bertz CT molecular complexity index is 1470. The summed E-state index contributed by atoms with van der Waals surface area (Å²) in [6, 6.07) is 21.4. The highest BCUT2D eigenvalue weighted by atomic mass is 16.5. The summed E-state index contributed by atoms with van der Waals surface area (Å²) in [6.45, 7) is 7.22. The summed E-state index contributed by atoms with van der Waals surface area (Å²) in [6.07, 6.45) is 2.63. The van der Waals surface area contributed by atoms with Gasteiger partial charge in [-0.25, -0.2) is 0 Å². The third-order valence-electron chi connectivity index (χ3n) is 8.15. The van der Waals surface area contributed by atoms with Crippen molar-refractivity contribution in [2.45, 2.75) is 38.8 Å². The summed E-state index contributed by atoms with van der Waals surface area (Å²) in [5.74, 6) is 0.110. The van der Waals surface area contributed by atoms with Crippen molar-refractivity contribution in [2.24, 2.45) is 0 Å². The highest BCUT2D eigenvalue weighted by molar-refractivity contribution is 6.46. The fraction of sp³-hybridized carbons (Fsp3) is 0.389. The van der Waals surface area contributed by atoms with Gasteiger partial charge in [0.2, 0.25) is 0 Å². The number of ether oxygens (including phenoxy) is 4. The molecule has 2 aliphatic rings. The summed E-state index contributed by atoms with van der Waals surface area (Å²) in [4.78, 5) is 31.0. The third-order valence-corrected chi connectivity index (χ3v) is 8.15. The van der Waals surface area contributed by atoms with Crippen LogP contribution in [0.4, 0.5) is 0 Å². The van der Waals surface area contributed by atoms with Crippen molar-refractivity contribution in [3.63, 3.8) is 0 Å². The summed E-state index contributed by atoms with van der Waals surface area (Å²) in [5.41, 5.74) is 2.14. The molecule has 9 nitrogen and oxygen atoms in total. The van der Waals surface area contributed by atoms with Gasteiger partial charge in [-0.2, -0.15) is 0 Å². The number of hydrogen-bond acceptors (Lipinski definition) is 8. The molecule has 2 heterocycles. The quantitative estimate of drug-likeness (QED) is 0.109. The molecule has 1 atom stereocenters. The maximum absolute atomic E-state index is 13.6. The largest absolute Gasteiger partial charge is 0.507 e. The maximum atomic E-state index is 13.6. The Morgan fingerprint density at radius 3 is 2.38 bits per heavy atom. The van der Waals surface area contributed by atoms with E-state index in [1.54, 1.807) is 48.4 Å². The molecule has 0 bridgehead atoms. The lowest BCUT2D eigenvalue weighted by molar-refractivity contribution is -0.140. The van der Waals surface area contributed by atoms with E-state index < -0.39 is 17.7 Å². The molecule has 1 unspecified atom stereocenters. The summed E-state index contributed by atoms with van der Waals surface area (Å²) in [5, 5.41) is 11.5. The summed E-state index contributed by atoms with van der Waals surface area (Å²) >= 11 is 0. The van der Waals surface area contributed by atoms with Gasteiger partial charge in [-0.15, -0.1) is 0 Å². The Morgan fingerprint density at radius 1 is 0.911 bits per heavy atom. The van der Waals surface area contributed by atoms with E-state index in [9.17, 15) is 14.7 Å². The molecular formula is C36H42N2O7. The molecule has 5 rings (SSSR count). The fourth-order valence-electron chi connectivity index (χ4n) is 5.65. The first-order valence-electron chi connectivity index (χ1n) is 15.7. The Balaban J connectivity index is 1.45. The first-order chi connectivity index (χ1) is 22.0. The number of amides is 1. The van der Waals surface area contributed by atoms with Gasteiger partial charge in [0.25, 0.3) is 11.7 Å². The van der Waals surface area contributed by atoms with Crippen LogP contribution in [0.3, 0.4) is 0 Å². The second kappa shape index (κ2) is 15.6. The number of benzene rings is 3. The minimum absolute atomic E-state index is 0.0473. The number of rotatable bonds is 14. The van der Waals surface area contributed by atoms with E-state index in [0.717, 1.165) is 38.0 Å². The van der Waals surface area contributed by atoms with Crippen LogP contribution in [-0.2, 0) is 20.9 Å². The number of Topliss-reactive ketones (excluding diaryl/α,β-unsaturated/α-hetero) is 1. The Kier molecular flexibility index (Phi) is 11.1. The van der Waals surface area contributed by atoms with Crippen molar-refractivity contribution in [3.8, 4) is 17.2 Å². The Morgan fingerprint density at radius 2 is 1.67 bits per heavy atom. The molecule has 9 heteroatoms. The van der Waals surface area contributed by atoms with E-state index in [4.69, 9.17) is 18.9 Å². The monoisotopic (exact) mass is 614 g/mol. The molecule has 1 N–H and O–H groups in total. The van der Waals surface area contributed by atoms with Crippen LogP contribution >= 0.6 is 0 Å². The van der Waals surface area contributed by atoms with Gasteiger partial charge in [-0.05, 0) is 60.4 Å². The second-order valence-corrected chi connectivity index (χ2v) is 11.2. The lowest BCUT2D eigenvalue weighted by Crippen LogP contribution is -2.39. The SMILES string of the molecule is CCCCOc1ccc(C(O)=C2C(=O)C(=O)N(CCCN3CCOCC3)C2c2ccc(OCc3ccccc3)c(OC)c2)cc1. The molecule has 0 spiro atoms. The standard InChI is InChI=1S/C36H42N2O7/c1-3-4-21-44-29-14-11-27(12-15-29)34(39)32-33(38(36(41)35(32)40)18-8-17-37-19-22-43-23-20-37)28-13-16-30(31(24-28)42-2)45-25-26-9-6-5-7-10-26/h5-7,9-16,24,33,39H,3-4,8,17-23,25H2,1-2H3. The van der Waals surface area contributed by atoms with Crippen molar-refractivity contribution in [1.29, 1.82) is 0 Å². The van der Waals surface area contributed by atoms with Crippen LogP contribution in [0, 0.1) is 0 Å². The third kappa shape index (κ3) is 7.85. The number of likely N-dealkylation sites (tertiary alicyclic amines) is 1. The molecule has 2 fully saturated rings. The number of carbonyl (C=O) groups excluding carboxylic acids is 2. The summed E-state index contributed by atoms with van der Waals surface area (Å²) < 4.78 is 23.0. The first-order valence-corrected chi connectivity index (χ1v) is 15.7. The highest BCUT2D eigenvalue weighted by Gasteiger charge is 2.46. The number of ketones is 1. The smallest absolute Gasteiger partial charge is 0.295 e. The lowest BCUT2D eigenvalue weighted by Gasteiger charge is -2.29. The number of aliphatic hydroxyl groups is 1. The molecule has 3 aromatic rings. The molecular weight excluding hydrogens is 572 g/mol. The normalized spacial score (nSPS) is 18.3. The van der Waals surface area contributed by atoms with Crippen LogP contribution in [-0.4, -0.2) is 79.7 Å². The number of nitrogens with zero attached hydrogens (tertiary/aromatic N) is 2. The van der Waals surface area contributed by atoms with Crippen LogP contribution in [0.25, 0.3) is 5.76 Å². The molecule has 0 radical (unpaired) electrons. The van der Waals surface area contributed by atoms with Crippen LogP contribution in [0.5, 0.6) is 17.2 Å². The predicted molar refractivity (Wildman–Crippen MR) is 171 cm³/mol. The predicted octanol–water partition coefficient (Wildman–Crippen LogP) is 5.60. The van der Waals surface area contributed by atoms with Crippen LogP contribution < -0.4 is 14.2 Å². The average Bonchev–Trinajstić information content (AvgIpc) is 3.33. The van der Waals surface area contributed by atoms with Gasteiger partial charge >= 0.3 is 0 Å². The van der Waals surface area contributed by atoms with E-state index in [0.29, 0.717) is 67.8 Å². The molecule has 45 heavy (non-hydrogen) atoms. The van der Waals surface area contributed by atoms with Gasteiger partial charge in [0, 0.05) is 31.7 Å².